The van der Waals surface area contributed by atoms with Crippen molar-refractivity contribution in [2.24, 2.45) is 5.92 Å². The van der Waals surface area contributed by atoms with E-state index in [1.807, 2.05) is 18.7 Å². The Bertz CT molecular complexity index is 284. The van der Waals surface area contributed by atoms with Crippen LogP contribution in [0.1, 0.15) is 26.5 Å². The van der Waals surface area contributed by atoms with Crippen molar-refractivity contribution in [1.82, 2.24) is 10.3 Å². The van der Waals surface area contributed by atoms with Crippen LogP contribution in [0, 0.1) is 12.8 Å². The molecule has 86 valence electrons. The highest BCUT2D eigenvalue weighted by Gasteiger charge is 2.07. The summed E-state index contributed by atoms with van der Waals surface area (Å²) in [6.45, 7) is 10.9. The summed E-state index contributed by atoms with van der Waals surface area (Å²) in [6, 6.07) is 0. The monoisotopic (exact) mass is 244 g/mol. The second-order valence-electron chi connectivity index (χ2n) is 4.24. The van der Waals surface area contributed by atoms with Crippen LogP contribution in [0.3, 0.4) is 0 Å². The molecular weight excluding hydrogens is 224 g/mol. The molecule has 2 nitrogen and oxygen atoms in total. The lowest BCUT2D eigenvalue weighted by molar-refractivity contribution is 0.554. The normalized spacial score (nSPS) is 13.4. The molecule has 0 aliphatic carbocycles. The van der Waals surface area contributed by atoms with E-state index >= 15 is 0 Å². The van der Waals surface area contributed by atoms with Crippen molar-refractivity contribution in [3.8, 4) is 0 Å². The maximum Gasteiger partial charge on any atom is 0.150 e. The number of aromatic nitrogens is 1. The Labute approximate surface area is 101 Å². The van der Waals surface area contributed by atoms with E-state index in [-0.39, 0.29) is 0 Å². The predicted molar refractivity (Wildman–Crippen MR) is 69.9 cm³/mol. The van der Waals surface area contributed by atoms with E-state index in [9.17, 15) is 0 Å². The Balaban J connectivity index is 2.21. The van der Waals surface area contributed by atoms with Crippen LogP contribution in [-0.2, 0) is 0 Å². The van der Waals surface area contributed by atoms with Gasteiger partial charge in [-0.25, -0.2) is 4.98 Å². The summed E-state index contributed by atoms with van der Waals surface area (Å²) in [5.41, 5.74) is 1.13. The standard InChI is InChI=1S/C11H20N2S2/c1-8(2)5-12-6-10(4)15-11-13-9(3)7-14-11/h7-8,10,12H,5-6H2,1-4H3. The molecule has 1 atom stereocenters. The number of hydrogen-bond acceptors (Lipinski definition) is 4. The minimum absolute atomic E-state index is 0.592. The smallest absolute Gasteiger partial charge is 0.150 e. The van der Waals surface area contributed by atoms with E-state index in [0.29, 0.717) is 5.25 Å². The molecule has 15 heavy (non-hydrogen) atoms. The lowest BCUT2D eigenvalue weighted by Crippen LogP contribution is -2.26. The quantitative estimate of drug-likeness (QED) is 0.778. The van der Waals surface area contributed by atoms with E-state index < -0.39 is 0 Å². The zero-order chi connectivity index (χ0) is 11.3. The Morgan fingerprint density at radius 3 is 2.67 bits per heavy atom. The minimum atomic E-state index is 0.592. The third-order valence-electron chi connectivity index (χ3n) is 1.88. The predicted octanol–water partition coefficient (Wildman–Crippen LogP) is 3.18. The Hall–Kier alpha value is -0.0600. The largest absolute Gasteiger partial charge is 0.315 e. The molecule has 1 aromatic heterocycles. The molecule has 1 unspecified atom stereocenters. The maximum atomic E-state index is 4.45. The van der Waals surface area contributed by atoms with Gasteiger partial charge in [0.1, 0.15) is 4.34 Å². The molecule has 4 heteroatoms. The molecule has 0 fully saturated rings. The van der Waals surface area contributed by atoms with Crippen LogP contribution < -0.4 is 5.32 Å². The molecule has 1 N–H and O–H groups in total. The molecule has 1 heterocycles. The average Bonchev–Trinajstić information content (AvgIpc) is 2.50. The Morgan fingerprint density at radius 1 is 1.40 bits per heavy atom. The van der Waals surface area contributed by atoms with Crippen LogP contribution in [0.2, 0.25) is 0 Å². The lowest BCUT2D eigenvalue weighted by atomic mass is 10.2. The van der Waals surface area contributed by atoms with Crippen LogP contribution >= 0.6 is 23.1 Å². The summed E-state index contributed by atoms with van der Waals surface area (Å²) in [6.07, 6.45) is 0. The van der Waals surface area contributed by atoms with Crippen molar-refractivity contribution < 1.29 is 0 Å². The topological polar surface area (TPSA) is 24.9 Å². The first-order valence-electron chi connectivity index (χ1n) is 5.37. The first-order chi connectivity index (χ1) is 7.08. The molecule has 0 spiro atoms. The van der Waals surface area contributed by atoms with Crippen molar-refractivity contribution in [2.75, 3.05) is 13.1 Å². The first-order valence-corrected chi connectivity index (χ1v) is 7.13. The molecule has 0 saturated heterocycles. The second kappa shape index (κ2) is 6.51. The molecule has 0 amide bonds. The van der Waals surface area contributed by atoms with Gasteiger partial charge in [-0.1, -0.05) is 32.5 Å². The third kappa shape index (κ3) is 5.54. The van der Waals surface area contributed by atoms with E-state index in [0.717, 1.165) is 24.7 Å². The zero-order valence-electron chi connectivity index (χ0n) is 9.91. The van der Waals surface area contributed by atoms with Crippen molar-refractivity contribution in [1.29, 1.82) is 0 Å². The van der Waals surface area contributed by atoms with E-state index in [4.69, 9.17) is 0 Å². The number of nitrogens with one attached hydrogen (secondary N) is 1. The van der Waals surface area contributed by atoms with Gasteiger partial charge >= 0.3 is 0 Å². The van der Waals surface area contributed by atoms with E-state index in [1.54, 1.807) is 11.3 Å². The second-order valence-corrected chi connectivity index (χ2v) is 6.78. The van der Waals surface area contributed by atoms with Gasteiger partial charge < -0.3 is 5.32 Å². The SMILES string of the molecule is Cc1csc(SC(C)CNCC(C)C)n1. The minimum Gasteiger partial charge on any atom is -0.315 e. The van der Waals surface area contributed by atoms with Gasteiger partial charge in [0.05, 0.1) is 0 Å². The molecule has 0 aliphatic heterocycles. The summed E-state index contributed by atoms with van der Waals surface area (Å²) in [4.78, 5) is 4.45. The van der Waals surface area contributed by atoms with E-state index in [2.05, 4.69) is 36.5 Å². The Kier molecular flexibility index (Phi) is 5.64. The molecule has 1 aromatic rings. The van der Waals surface area contributed by atoms with Gasteiger partial charge in [-0.05, 0) is 19.4 Å². The maximum absolute atomic E-state index is 4.45. The zero-order valence-corrected chi connectivity index (χ0v) is 11.5. The van der Waals surface area contributed by atoms with Crippen LogP contribution in [0.25, 0.3) is 0 Å². The number of nitrogens with zero attached hydrogens (tertiary/aromatic N) is 1. The third-order valence-corrected chi connectivity index (χ3v) is 4.08. The van der Waals surface area contributed by atoms with Gasteiger partial charge in [0.25, 0.3) is 0 Å². The highest BCUT2D eigenvalue weighted by molar-refractivity contribution is 8.01. The first kappa shape index (κ1) is 13.0. The van der Waals surface area contributed by atoms with Crippen LogP contribution in [-0.4, -0.2) is 23.3 Å². The number of aryl methyl sites for hydroxylation is 1. The van der Waals surface area contributed by atoms with Crippen molar-refractivity contribution in [3.05, 3.63) is 11.1 Å². The fourth-order valence-corrected chi connectivity index (χ4v) is 3.30. The van der Waals surface area contributed by atoms with Gasteiger partial charge in [0, 0.05) is 22.9 Å². The molecule has 0 saturated carbocycles. The van der Waals surface area contributed by atoms with Gasteiger partial charge in [0.15, 0.2) is 0 Å². The van der Waals surface area contributed by atoms with Crippen LogP contribution in [0.15, 0.2) is 9.72 Å². The lowest BCUT2D eigenvalue weighted by Gasteiger charge is -2.12. The summed E-state index contributed by atoms with van der Waals surface area (Å²) in [5, 5.41) is 6.17. The van der Waals surface area contributed by atoms with Crippen LogP contribution in [0.4, 0.5) is 0 Å². The van der Waals surface area contributed by atoms with E-state index in [1.165, 1.54) is 4.34 Å². The molecule has 0 aromatic carbocycles. The number of hydrogen-bond donors (Lipinski definition) is 1. The van der Waals surface area contributed by atoms with Gasteiger partial charge in [-0.15, -0.1) is 11.3 Å². The number of rotatable bonds is 6. The number of thiazole rings is 1. The summed E-state index contributed by atoms with van der Waals surface area (Å²) < 4.78 is 1.19. The summed E-state index contributed by atoms with van der Waals surface area (Å²) in [7, 11) is 0. The van der Waals surface area contributed by atoms with Gasteiger partial charge in [-0.2, -0.15) is 0 Å². The number of thioether (sulfide) groups is 1. The van der Waals surface area contributed by atoms with Gasteiger partial charge in [0.2, 0.25) is 0 Å². The highest BCUT2D eigenvalue weighted by Crippen LogP contribution is 2.25. The highest BCUT2D eigenvalue weighted by atomic mass is 32.2. The van der Waals surface area contributed by atoms with Crippen LogP contribution in [0.5, 0.6) is 0 Å². The average molecular weight is 244 g/mol. The molecule has 0 radical (unpaired) electrons. The summed E-state index contributed by atoms with van der Waals surface area (Å²) >= 11 is 3.60. The summed E-state index contributed by atoms with van der Waals surface area (Å²) in [5.74, 6) is 0.726. The fraction of sp³-hybridized carbons (Fsp3) is 0.727. The van der Waals surface area contributed by atoms with Crippen molar-refractivity contribution >= 4 is 23.1 Å². The fourth-order valence-electron chi connectivity index (χ4n) is 1.18. The van der Waals surface area contributed by atoms with Crippen molar-refractivity contribution in [3.63, 3.8) is 0 Å². The molecular formula is C11H20N2S2. The molecule has 0 bridgehead atoms. The molecule has 0 aliphatic rings. The van der Waals surface area contributed by atoms with Crippen molar-refractivity contribution in [2.45, 2.75) is 37.3 Å². The van der Waals surface area contributed by atoms with Gasteiger partial charge in [-0.3, -0.25) is 0 Å². The molecule has 1 rings (SSSR count). The Morgan fingerprint density at radius 2 is 2.13 bits per heavy atom.